The fourth-order valence-electron chi connectivity index (χ4n) is 1.13. The van der Waals surface area contributed by atoms with Gasteiger partial charge in [0.1, 0.15) is 10.00 Å². The third-order valence-electron chi connectivity index (χ3n) is 1.72. The Kier molecular flexibility index (Phi) is 2.30. The lowest BCUT2D eigenvalue weighted by atomic mass is 10.4. The summed E-state index contributed by atoms with van der Waals surface area (Å²) in [6, 6.07) is 3.74. The number of aromatic nitrogens is 3. The van der Waals surface area contributed by atoms with E-state index in [1.165, 1.54) is 11.3 Å². The molecular weight excluding hydrogens is 216 g/mol. The van der Waals surface area contributed by atoms with Crippen LogP contribution >= 0.6 is 23.6 Å². The standard InChI is InChI=1S/C8H8N4S2/c1-5-10-11-8(14-5)12-4-2-3-6(12)7(9)13/h2-4H,1H3,(H2,9,13). The zero-order valence-corrected chi connectivity index (χ0v) is 9.10. The SMILES string of the molecule is Cc1nnc(-n2cccc2C(N)=S)s1. The van der Waals surface area contributed by atoms with Crippen molar-refractivity contribution in [2.24, 2.45) is 5.73 Å². The molecule has 0 atom stereocenters. The molecule has 0 saturated heterocycles. The van der Waals surface area contributed by atoms with E-state index in [1.807, 2.05) is 29.8 Å². The van der Waals surface area contributed by atoms with Crippen LogP contribution in [0.15, 0.2) is 18.3 Å². The molecule has 0 aliphatic rings. The monoisotopic (exact) mass is 224 g/mol. The van der Waals surface area contributed by atoms with Crippen molar-refractivity contribution in [3.8, 4) is 5.13 Å². The number of hydrogen-bond donors (Lipinski definition) is 1. The maximum absolute atomic E-state index is 5.57. The van der Waals surface area contributed by atoms with Gasteiger partial charge in [0.25, 0.3) is 0 Å². The van der Waals surface area contributed by atoms with Gasteiger partial charge in [0, 0.05) is 6.20 Å². The van der Waals surface area contributed by atoms with E-state index in [4.69, 9.17) is 18.0 Å². The van der Waals surface area contributed by atoms with Crippen LogP contribution < -0.4 is 5.73 Å². The maximum Gasteiger partial charge on any atom is 0.216 e. The van der Waals surface area contributed by atoms with Gasteiger partial charge in [0.2, 0.25) is 5.13 Å². The van der Waals surface area contributed by atoms with Crippen LogP contribution in [0.3, 0.4) is 0 Å². The van der Waals surface area contributed by atoms with Crippen molar-refractivity contribution < 1.29 is 0 Å². The maximum atomic E-state index is 5.57. The van der Waals surface area contributed by atoms with Gasteiger partial charge in [0.15, 0.2) is 0 Å². The molecular formula is C8H8N4S2. The van der Waals surface area contributed by atoms with Gasteiger partial charge in [-0.1, -0.05) is 23.6 Å². The molecule has 0 aliphatic carbocycles. The second-order valence-electron chi connectivity index (χ2n) is 2.73. The van der Waals surface area contributed by atoms with Crippen LogP contribution in [0.1, 0.15) is 10.7 Å². The van der Waals surface area contributed by atoms with Crippen molar-refractivity contribution >= 4 is 28.5 Å². The summed E-state index contributed by atoms with van der Waals surface area (Å²) in [5.41, 5.74) is 6.36. The first-order chi connectivity index (χ1) is 6.68. The number of nitrogens with zero attached hydrogens (tertiary/aromatic N) is 3. The molecule has 0 saturated carbocycles. The first-order valence-electron chi connectivity index (χ1n) is 3.96. The van der Waals surface area contributed by atoms with Gasteiger partial charge in [-0.2, -0.15) is 0 Å². The second-order valence-corrected chi connectivity index (χ2v) is 4.33. The van der Waals surface area contributed by atoms with Crippen molar-refractivity contribution in [2.45, 2.75) is 6.92 Å². The predicted octanol–water partition coefficient (Wildman–Crippen LogP) is 1.27. The molecule has 2 aromatic heterocycles. The van der Waals surface area contributed by atoms with Crippen LogP contribution in [0.2, 0.25) is 0 Å². The molecule has 2 rings (SSSR count). The Labute approximate surface area is 90.4 Å². The molecule has 14 heavy (non-hydrogen) atoms. The van der Waals surface area contributed by atoms with Crippen LogP contribution in [-0.2, 0) is 0 Å². The highest BCUT2D eigenvalue weighted by atomic mass is 32.1. The minimum atomic E-state index is 0.364. The van der Waals surface area contributed by atoms with Gasteiger partial charge >= 0.3 is 0 Å². The van der Waals surface area contributed by atoms with E-state index in [9.17, 15) is 0 Å². The lowest BCUT2D eigenvalue weighted by Gasteiger charge is -2.01. The van der Waals surface area contributed by atoms with Crippen LogP contribution in [0.4, 0.5) is 0 Å². The zero-order valence-electron chi connectivity index (χ0n) is 7.47. The molecule has 0 spiro atoms. The van der Waals surface area contributed by atoms with Crippen molar-refractivity contribution in [2.75, 3.05) is 0 Å². The smallest absolute Gasteiger partial charge is 0.216 e. The normalized spacial score (nSPS) is 10.4. The summed E-state index contributed by atoms with van der Waals surface area (Å²) in [5, 5.41) is 9.66. The molecule has 0 radical (unpaired) electrons. The lowest BCUT2D eigenvalue weighted by Crippen LogP contribution is -2.14. The summed E-state index contributed by atoms with van der Waals surface area (Å²) >= 11 is 6.43. The van der Waals surface area contributed by atoms with E-state index < -0.39 is 0 Å². The van der Waals surface area contributed by atoms with Gasteiger partial charge in [-0.25, -0.2) is 0 Å². The van der Waals surface area contributed by atoms with Crippen LogP contribution in [0.5, 0.6) is 0 Å². The van der Waals surface area contributed by atoms with E-state index in [0.717, 1.165) is 15.8 Å². The molecule has 6 heteroatoms. The molecule has 2 aromatic rings. The van der Waals surface area contributed by atoms with Gasteiger partial charge in [-0.05, 0) is 19.1 Å². The minimum absolute atomic E-state index is 0.364. The molecule has 2 N–H and O–H groups in total. The number of hydrogen-bond acceptors (Lipinski definition) is 4. The minimum Gasteiger partial charge on any atom is -0.388 e. The van der Waals surface area contributed by atoms with Gasteiger partial charge in [-0.3, -0.25) is 4.57 Å². The van der Waals surface area contributed by atoms with Crippen molar-refractivity contribution in [1.82, 2.24) is 14.8 Å². The summed E-state index contributed by atoms with van der Waals surface area (Å²) in [6.45, 7) is 1.91. The van der Waals surface area contributed by atoms with E-state index in [-0.39, 0.29) is 0 Å². The Morgan fingerprint density at radius 1 is 1.57 bits per heavy atom. The van der Waals surface area contributed by atoms with Gasteiger partial charge in [0.05, 0.1) is 5.69 Å². The summed E-state index contributed by atoms with van der Waals surface area (Å²) < 4.78 is 1.84. The molecule has 0 bridgehead atoms. The Morgan fingerprint density at radius 2 is 2.36 bits per heavy atom. The third-order valence-corrected chi connectivity index (χ3v) is 2.77. The Morgan fingerprint density at radius 3 is 2.93 bits per heavy atom. The van der Waals surface area contributed by atoms with Crippen LogP contribution in [-0.4, -0.2) is 19.8 Å². The van der Waals surface area contributed by atoms with Crippen molar-refractivity contribution in [1.29, 1.82) is 0 Å². The summed E-state index contributed by atoms with van der Waals surface area (Å²) in [5.74, 6) is 0. The highest BCUT2D eigenvalue weighted by molar-refractivity contribution is 7.80. The molecule has 2 heterocycles. The number of rotatable bonds is 2. The summed E-state index contributed by atoms with van der Waals surface area (Å²) in [7, 11) is 0. The average Bonchev–Trinajstić information content (AvgIpc) is 2.70. The molecule has 0 aliphatic heterocycles. The lowest BCUT2D eigenvalue weighted by molar-refractivity contribution is 0.953. The molecule has 0 unspecified atom stereocenters. The largest absolute Gasteiger partial charge is 0.388 e. The first kappa shape index (κ1) is 9.29. The third kappa shape index (κ3) is 1.53. The summed E-state index contributed by atoms with van der Waals surface area (Å²) in [4.78, 5) is 0.364. The highest BCUT2D eigenvalue weighted by Crippen LogP contribution is 2.16. The number of thiocarbonyl (C=S) groups is 1. The topological polar surface area (TPSA) is 56.7 Å². The number of nitrogens with two attached hydrogens (primary N) is 1. The highest BCUT2D eigenvalue weighted by Gasteiger charge is 2.08. The summed E-state index contributed by atoms with van der Waals surface area (Å²) in [6.07, 6.45) is 1.87. The van der Waals surface area contributed by atoms with E-state index in [1.54, 1.807) is 0 Å². The first-order valence-corrected chi connectivity index (χ1v) is 5.18. The van der Waals surface area contributed by atoms with E-state index in [2.05, 4.69) is 10.2 Å². The fraction of sp³-hybridized carbons (Fsp3) is 0.125. The number of aryl methyl sites for hydroxylation is 1. The van der Waals surface area contributed by atoms with Crippen molar-refractivity contribution in [3.63, 3.8) is 0 Å². The van der Waals surface area contributed by atoms with E-state index in [0.29, 0.717) is 4.99 Å². The predicted molar refractivity (Wildman–Crippen MR) is 59.9 cm³/mol. The van der Waals surface area contributed by atoms with Gasteiger partial charge < -0.3 is 5.73 Å². The average molecular weight is 224 g/mol. The molecule has 0 amide bonds. The van der Waals surface area contributed by atoms with Gasteiger partial charge in [-0.15, -0.1) is 10.2 Å². The Balaban J connectivity index is 2.51. The quantitative estimate of drug-likeness (QED) is 0.780. The Bertz CT molecular complexity index is 471. The van der Waals surface area contributed by atoms with Crippen LogP contribution in [0, 0.1) is 6.92 Å². The molecule has 4 nitrogen and oxygen atoms in total. The zero-order chi connectivity index (χ0) is 10.1. The van der Waals surface area contributed by atoms with E-state index >= 15 is 0 Å². The fourth-order valence-corrected chi connectivity index (χ4v) is 1.98. The molecule has 72 valence electrons. The van der Waals surface area contributed by atoms with Crippen LogP contribution in [0.25, 0.3) is 5.13 Å². The molecule has 0 fully saturated rings. The second kappa shape index (κ2) is 3.47. The van der Waals surface area contributed by atoms with Crippen molar-refractivity contribution in [3.05, 3.63) is 29.0 Å². The molecule has 0 aromatic carbocycles. The Hall–Kier alpha value is -1.27.